The van der Waals surface area contributed by atoms with E-state index in [1.807, 2.05) is 49.3 Å². The van der Waals surface area contributed by atoms with Gasteiger partial charge in [-0.3, -0.25) is 24.5 Å². The highest BCUT2D eigenvalue weighted by molar-refractivity contribution is 6.06. The van der Waals surface area contributed by atoms with Crippen molar-refractivity contribution in [1.29, 1.82) is 0 Å². The zero-order valence-electron chi connectivity index (χ0n) is 24.6. The van der Waals surface area contributed by atoms with Crippen molar-refractivity contribution in [1.82, 2.24) is 19.8 Å². The number of anilines is 1. The van der Waals surface area contributed by atoms with E-state index in [0.717, 1.165) is 22.1 Å². The number of ether oxygens (including phenoxy) is 2. The molecule has 2 aliphatic rings. The number of pyridine rings is 2. The molecule has 1 saturated heterocycles. The number of imide groups is 1. The molecule has 1 atom stereocenters. The predicted molar refractivity (Wildman–Crippen MR) is 161 cm³/mol. The van der Waals surface area contributed by atoms with Gasteiger partial charge in [-0.1, -0.05) is 12.1 Å². The Morgan fingerprint density at radius 3 is 2.30 bits per heavy atom. The molecule has 2 aromatic heterocycles. The quantitative estimate of drug-likeness (QED) is 0.345. The monoisotopic (exact) mass is 581 g/mol. The summed E-state index contributed by atoms with van der Waals surface area (Å²) in [5.74, 6) is 0.720. The number of carbonyl (C=O) groups is 3. The van der Waals surface area contributed by atoms with E-state index in [1.165, 1.54) is 9.47 Å². The van der Waals surface area contributed by atoms with Crippen LogP contribution in [0.4, 0.5) is 5.82 Å². The minimum absolute atomic E-state index is 0.152. The van der Waals surface area contributed by atoms with E-state index in [1.54, 1.807) is 39.7 Å². The number of rotatable bonds is 6. The molecule has 3 amide bonds. The standard InChI is InChI=1S/C32H31N5O6/c1-35(2)27-13-21-22(14-33-27)31(40)36(3)16-23(21)19-11-25(42-4)29(26(12-19)43-5)17-6-7-18-15-37(32(41)20(18)10-17)24-8-9-28(38)34-30(24)39/h6-7,10-14,16,24H,8-9,15H2,1-5H3,(H,34,38,39). The lowest BCUT2D eigenvalue weighted by molar-refractivity contribution is -0.136. The lowest BCUT2D eigenvalue weighted by Crippen LogP contribution is -2.52. The Hall–Kier alpha value is -5.19. The summed E-state index contributed by atoms with van der Waals surface area (Å²) in [6, 6.07) is 10.5. The number of fused-ring (bicyclic) bond motifs is 2. The van der Waals surface area contributed by atoms with Gasteiger partial charge in [0.05, 0.1) is 25.2 Å². The molecule has 0 radical (unpaired) electrons. The summed E-state index contributed by atoms with van der Waals surface area (Å²) >= 11 is 0. The Bertz CT molecular complexity index is 1870. The van der Waals surface area contributed by atoms with Crippen LogP contribution in [-0.4, -0.2) is 66.5 Å². The maximum absolute atomic E-state index is 13.5. The fourth-order valence-electron chi connectivity index (χ4n) is 5.89. The van der Waals surface area contributed by atoms with Crippen molar-refractivity contribution in [3.05, 3.63) is 70.3 Å². The summed E-state index contributed by atoms with van der Waals surface area (Å²) in [5.41, 5.74) is 4.08. The van der Waals surface area contributed by atoms with Gasteiger partial charge in [-0.2, -0.15) is 0 Å². The molecule has 11 nitrogen and oxygen atoms in total. The summed E-state index contributed by atoms with van der Waals surface area (Å²) in [4.78, 5) is 58.4. The van der Waals surface area contributed by atoms with E-state index in [2.05, 4.69) is 10.3 Å². The molecule has 1 fully saturated rings. The first-order valence-electron chi connectivity index (χ1n) is 13.8. The van der Waals surface area contributed by atoms with Crippen LogP contribution in [0.15, 0.2) is 53.6 Å². The third-order valence-corrected chi connectivity index (χ3v) is 8.15. The van der Waals surface area contributed by atoms with Crippen LogP contribution in [0.3, 0.4) is 0 Å². The maximum Gasteiger partial charge on any atom is 0.259 e. The first-order valence-corrected chi connectivity index (χ1v) is 13.8. The van der Waals surface area contributed by atoms with Crippen LogP contribution in [0, 0.1) is 0 Å². The smallest absolute Gasteiger partial charge is 0.259 e. The molecule has 220 valence electrons. The van der Waals surface area contributed by atoms with E-state index in [0.29, 0.717) is 45.8 Å². The molecule has 11 heteroatoms. The number of nitrogens with one attached hydrogen (secondary N) is 1. The molecular formula is C32H31N5O6. The van der Waals surface area contributed by atoms with Gasteiger partial charge in [0, 0.05) is 63.0 Å². The molecule has 2 aliphatic heterocycles. The number of hydrogen-bond donors (Lipinski definition) is 1. The first-order chi connectivity index (χ1) is 20.6. The summed E-state index contributed by atoms with van der Waals surface area (Å²) in [5, 5.41) is 3.57. The van der Waals surface area contributed by atoms with Crippen LogP contribution < -0.4 is 25.2 Å². The molecule has 2 aromatic carbocycles. The summed E-state index contributed by atoms with van der Waals surface area (Å²) in [7, 11) is 8.62. The van der Waals surface area contributed by atoms with Crippen molar-refractivity contribution >= 4 is 34.3 Å². The normalized spacial score (nSPS) is 16.3. The zero-order valence-corrected chi connectivity index (χ0v) is 24.6. The second-order valence-electron chi connectivity index (χ2n) is 11.0. The fraction of sp³-hybridized carbons (Fsp3) is 0.281. The van der Waals surface area contributed by atoms with Crippen LogP contribution in [0.25, 0.3) is 33.0 Å². The number of benzene rings is 2. The van der Waals surface area contributed by atoms with Gasteiger partial charge in [0.2, 0.25) is 11.8 Å². The van der Waals surface area contributed by atoms with Gasteiger partial charge in [0.25, 0.3) is 11.5 Å². The van der Waals surface area contributed by atoms with Crippen LogP contribution >= 0.6 is 0 Å². The Balaban J connectivity index is 1.44. The zero-order chi connectivity index (χ0) is 30.6. The lowest BCUT2D eigenvalue weighted by Gasteiger charge is -2.29. The minimum Gasteiger partial charge on any atom is -0.496 e. The number of piperidine rings is 1. The van der Waals surface area contributed by atoms with Gasteiger partial charge in [0.1, 0.15) is 23.4 Å². The average molecular weight is 582 g/mol. The third kappa shape index (κ3) is 4.66. The number of carbonyl (C=O) groups excluding carboxylic acids is 3. The number of hydrogen-bond acceptors (Lipinski definition) is 8. The highest BCUT2D eigenvalue weighted by atomic mass is 16.5. The Morgan fingerprint density at radius 1 is 0.930 bits per heavy atom. The van der Waals surface area contributed by atoms with Crippen molar-refractivity contribution in [2.24, 2.45) is 7.05 Å². The Kier molecular flexibility index (Phi) is 6.87. The highest BCUT2D eigenvalue weighted by Gasteiger charge is 2.39. The van der Waals surface area contributed by atoms with E-state index in [9.17, 15) is 19.2 Å². The Morgan fingerprint density at radius 2 is 1.65 bits per heavy atom. The molecule has 0 aliphatic carbocycles. The van der Waals surface area contributed by atoms with Gasteiger partial charge in [-0.05, 0) is 47.4 Å². The van der Waals surface area contributed by atoms with Crippen LogP contribution in [0.1, 0.15) is 28.8 Å². The first kappa shape index (κ1) is 28.0. The van der Waals surface area contributed by atoms with Crippen LogP contribution in [0.5, 0.6) is 11.5 Å². The predicted octanol–water partition coefficient (Wildman–Crippen LogP) is 3.11. The highest BCUT2D eigenvalue weighted by Crippen LogP contribution is 2.44. The number of methoxy groups -OCH3 is 2. The summed E-state index contributed by atoms with van der Waals surface area (Å²) < 4.78 is 13.3. The molecule has 4 heterocycles. The van der Waals surface area contributed by atoms with Crippen LogP contribution in [0.2, 0.25) is 0 Å². The summed E-state index contributed by atoms with van der Waals surface area (Å²) in [6.45, 7) is 0.289. The molecule has 1 unspecified atom stereocenters. The largest absolute Gasteiger partial charge is 0.496 e. The van der Waals surface area contributed by atoms with Crippen molar-refractivity contribution in [2.75, 3.05) is 33.2 Å². The van der Waals surface area contributed by atoms with E-state index in [4.69, 9.17) is 9.47 Å². The van der Waals surface area contributed by atoms with Gasteiger partial charge >= 0.3 is 0 Å². The number of nitrogens with zero attached hydrogens (tertiary/aromatic N) is 4. The second-order valence-corrected chi connectivity index (χ2v) is 11.0. The Labute approximate surface area is 247 Å². The molecule has 43 heavy (non-hydrogen) atoms. The second kappa shape index (κ2) is 10.6. The van der Waals surface area contributed by atoms with Gasteiger partial charge in [-0.25, -0.2) is 4.98 Å². The maximum atomic E-state index is 13.5. The molecular weight excluding hydrogens is 550 g/mol. The minimum atomic E-state index is -0.690. The number of aromatic nitrogens is 2. The SMILES string of the molecule is COc1cc(-c2cn(C)c(=O)c3cnc(N(C)C)cc23)cc(OC)c1-c1ccc2c(c1)C(=O)N(C1CCC(=O)NC1=O)C2. The van der Waals surface area contributed by atoms with Gasteiger partial charge in [0.15, 0.2) is 0 Å². The number of amides is 3. The van der Waals surface area contributed by atoms with Gasteiger partial charge < -0.3 is 23.8 Å². The van der Waals surface area contributed by atoms with E-state index < -0.39 is 11.9 Å². The van der Waals surface area contributed by atoms with E-state index in [-0.39, 0.29) is 30.3 Å². The molecule has 0 bridgehead atoms. The fourth-order valence-corrected chi connectivity index (χ4v) is 5.89. The van der Waals surface area contributed by atoms with Gasteiger partial charge in [-0.15, -0.1) is 0 Å². The van der Waals surface area contributed by atoms with Crippen molar-refractivity contribution in [2.45, 2.75) is 25.4 Å². The van der Waals surface area contributed by atoms with Crippen molar-refractivity contribution in [3.63, 3.8) is 0 Å². The van der Waals surface area contributed by atoms with Crippen LogP contribution in [-0.2, 0) is 23.2 Å². The molecule has 0 saturated carbocycles. The molecule has 4 aromatic rings. The van der Waals surface area contributed by atoms with Crippen molar-refractivity contribution in [3.8, 4) is 33.8 Å². The average Bonchev–Trinajstić information content (AvgIpc) is 3.32. The lowest BCUT2D eigenvalue weighted by atomic mass is 9.94. The molecule has 1 N–H and O–H groups in total. The van der Waals surface area contributed by atoms with Crippen molar-refractivity contribution < 1.29 is 23.9 Å². The topological polar surface area (TPSA) is 123 Å². The summed E-state index contributed by atoms with van der Waals surface area (Å²) in [6.07, 6.45) is 3.88. The number of aryl methyl sites for hydroxylation is 1. The molecule has 6 rings (SSSR count). The molecule has 0 spiro atoms. The third-order valence-electron chi connectivity index (χ3n) is 8.15. The van der Waals surface area contributed by atoms with E-state index >= 15 is 0 Å².